The SMILES string of the molecule is CCCCc1cc2ccccc2c(O)c1CCCC.O=S(=O)(O)O. The number of rotatable bonds is 6. The molecule has 0 heterocycles. The van der Waals surface area contributed by atoms with Crippen LogP contribution in [0, 0.1) is 0 Å². The molecule has 0 aliphatic rings. The Balaban J connectivity index is 0.000000505. The summed E-state index contributed by atoms with van der Waals surface area (Å²) in [6.07, 6.45) is 6.77. The van der Waals surface area contributed by atoms with Gasteiger partial charge < -0.3 is 5.11 Å². The first-order valence-corrected chi connectivity index (χ1v) is 9.60. The second-order valence-electron chi connectivity index (χ2n) is 5.74. The Labute approximate surface area is 143 Å². The molecule has 0 aromatic heterocycles. The average molecular weight is 354 g/mol. The quantitative estimate of drug-likeness (QED) is 0.660. The van der Waals surface area contributed by atoms with Crippen LogP contribution in [0.1, 0.15) is 50.7 Å². The highest BCUT2D eigenvalue weighted by atomic mass is 32.3. The first-order chi connectivity index (χ1) is 11.3. The van der Waals surface area contributed by atoms with Crippen molar-refractivity contribution in [2.45, 2.75) is 52.4 Å². The van der Waals surface area contributed by atoms with Crippen LogP contribution in [-0.2, 0) is 23.2 Å². The zero-order valence-electron chi connectivity index (χ0n) is 14.2. The molecule has 24 heavy (non-hydrogen) atoms. The molecule has 0 unspecified atom stereocenters. The Kier molecular flexibility index (Phi) is 8.18. The lowest BCUT2D eigenvalue weighted by molar-refractivity contribution is 0.381. The molecule has 0 amide bonds. The number of phenolic OH excluding ortho intramolecular Hbond substituents is 1. The summed E-state index contributed by atoms with van der Waals surface area (Å²) >= 11 is 0. The monoisotopic (exact) mass is 354 g/mol. The van der Waals surface area contributed by atoms with E-state index in [2.05, 4.69) is 26.0 Å². The third-order valence-corrected chi connectivity index (χ3v) is 3.80. The Morgan fingerprint density at radius 3 is 2.08 bits per heavy atom. The zero-order chi connectivity index (χ0) is 18.2. The second-order valence-corrected chi connectivity index (χ2v) is 6.63. The number of benzene rings is 2. The number of aromatic hydroxyl groups is 1. The smallest absolute Gasteiger partial charge is 0.394 e. The van der Waals surface area contributed by atoms with Gasteiger partial charge in [0.25, 0.3) is 0 Å². The van der Waals surface area contributed by atoms with Crippen molar-refractivity contribution in [3.05, 3.63) is 41.5 Å². The van der Waals surface area contributed by atoms with Crippen LogP contribution in [0.5, 0.6) is 5.75 Å². The van der Waals surface area contributed by atoms with E-state index in [9.17, 15) is 5.11 Å². The van der Waals surface area contributed by atoms with Crippen molar-refractivity contribution in [1.82, 2.24) is 0 Å². The fraction of sp³-hybridized carbons (Fsp3) is 0.444. The topological polar surface area (TPSA) is 94.8 Å². The van der Waals surface area contributed by atoms with Crippen LogP contribution in [0.15, 0.2) is 30.3 Å². The first-order valence-electron chi connectivity index (χ1n) is 8.20. The van der Waals surface area contributed by atoms with Gasteiger partial charge in [-0.15, -0.1) is 0 Å². The summed E-state index contributed by atoms with van der Waals surface area (Å²) in [5.74, 6) is 0.512. The van der Waals surface area contributed by atoms with Crippen LogP contribution in [0.3, 0.4) is 0 Å². The average Bonchev–Trinajstić information content (AvgIpc) is 2.51. The lowest BCUT2D eigenvalue weighted by Crippen LogP contribution is -1.97. The van der Waals surface area contributed by atoms with Crippen molar-refractivity contribution in [3.63, 3.8) is 0 Å². The zero-order valence-corrected chi connectivity index (χ0v) is 15.0. The van der Waals surface area contributed by atoms with Gasteiger partial charge in [-0.25, -0.2) is 0 Å². The number of hydrogen-bond donors (Lipinski definition) is 3. The van der Waals surface area contributed by atoms with Gasteiger partial charge in [-0.2, -0.15) is 8.42 Å². The van der Waals surface area contributed by atoms with E-state index in [1.165, 1.54) is 30.4 Å². The lowest BCUT2D eigenvalue weighted by Gasteiger charge is -2.14. The minimum Gasteiger partial charge on any atom is -0.507 e. The molecule has 0 bridgehead atoms. The second kappa shape index (κ2) is 9.61. The summed E-state index contributed by atoms with van der Waals surface area (Å²) in [5.41, 5.74) is 2.51. The van der Waals surface area contributed by atoms with Gasteiger partial charge in [-0.1, -0.05) is 57.0 Å². The molecule has 0 aliphatic heterocycles. The molecule has 0 fully saturated rings. The third kappa shape index (κ3) is 6.86. The van der Waals surface area contributed by atoms with E-state index in [-0.39, 0.29) is 0 Å². The summed E-state index contributed by atoms with van der Waals surface area (Å²) in [5, 5.41) is 12.7. The van der Waals surface area contributed by atoms with Gasteiger partial charge in [-0.3, -0.25) is 9.11 Å². The van der Waals surface area contributed by atoms with Crippen LogP contribution in [0.4, 0.5) is 0 Å². The Morgan fingerprint density at radius 1 is 0.958 bits per heavy atom. The predicted octanol–water partition coefficient (Wildman–Crippen LogP) is 4.58. The highest BCUT2D eigenvalue weighted by Crippen LogP contribution is 2.33. The predicted molar refractivity (Wildman–Crippen MR) is 97.0 cm³/mol. The molecule has 0 saturated heterocycles. The molecular weight excluding hydrogens is 328 g/mol. The maximum atomic E-state index is 10.6. The van der Waals surface area contributed by atoms with E-state index in [1.807, 2.05) is 18.2 Å². The van der Waals surface area contributed by atoms with Gasteiger partial charge in [0.15, 0.2) is 0 Å². The molecule has 2 aromatic rings. The third-order valence-electron chi connectivity index (χ3n) is 3.80. The van der Waals surface area contributed by atoms with Crippen molar-refractivity contribution in [2.75, 3.05) is 0 Å². The number of unbranched alkanes of at least 4 members (excludes halogenated alkanes) is 2. The van der Waals surface area contributed by atoms with Gasteiger partial charge in [-0.05, 0) is 42.2 Å². The van der Waals surface area contributed by atoms with E-state index in [0.717, 1.165) is 30.0 Å². The summed E-state index contributed by atoms with van der Waals surface area (Å²) in [7, 11) is -4.67. The van der Waals surface area contributed by atoms with Gasteiger partial charge in [0.1, 0.15) is 5.75 Å². The molecule has 5 nitrogen and oxygen atoms in total. The fourth-order valence-corrected chi connectivity index (χ4v) is 2.65. The van der Waals surface area contributed by atoms with Crippen LogP contribution in [0.2, 0.25) is 0 Å². The largest absolute Gasteiger partial charge is 0.507 e. The van der Waals surface area contributed by atoms with Crippen LogP contribution < -0.4 is 0 Å². The van der Waals surface area contributed by atoms with E-state index < -0.39 is 10.4 Å². The summed E-state index contributed by atoms with van der Waals surface area (Å²) in [6, 6.07) is 10.4. The van der Waals surface area contributed by atoms with Crippen molar-refractivity contribution < 1.29 is 22.6 Å². The number of phenols is 1. The Morgan fingerprint density at radius 2 is 1.50 bits per heavy atom. The molecule has 0 radical (unpaired) electrons. The van der Waals surface area contributed by atoms with Crippen molar-refractivity contribution in [3.8, 4) is 5.75 Å². The normalized spacial score (nSPS) is 11.2. The van der Waals surface area contributed by atoms with Crippen molar-refractivity contribution >= 4 is 21.2 Å². The van der Waals surface area contributed by atoms with E-state index in [4.69, 9.17) is 17.5 Å². The standard InChI is InChI=1S/C18H24O.H2O4S/c1-3-5-9-14-13-15-10-7-8-12-17(15)18(19)16(14)11-6-4-2;1-5(2,3)4/h7-8,10,12-13,19H,3-6,9,11H2,1-2H3;(H2,1,2,3,4). The summed E-state index contributed by atoms with van der Waals surface area (Å²) in [4.78, 5) is 0. The van der Waals surface area contributed by atoms with Gasteiger partial charge in [0, 0.05) is 5.39 Å². The maximum absolute atomic E-state index is 10.6. The molecule has 0 spiro atoms. The summed E-state index contributed by atoms with van der Waals surface area (Å²) in [6.45, 7) is 4.41. The van der Waals surface area contributed by atoms with E-state index >= 15 is 0 Å². The highest BCUT2D eigenvalue weighted by molar-refractivity contribution is 7.79. The lowest BCUT2D eigenvalue weighted by atomic mass is 9.93. The number of fused-ring (bicyclic) bond motifs is 1. The van der Waals surface area contributed by atoms with Crippen LogP contribution in [-0.4, -0.2) is 22.6 Å². The van der Waals surface area contributed by atoms with E-state index in [0.29, 0.717) is 5.75 Å². The first kappa shape index (κ1) is 20.4. The molecule has 0 atom stereocenters. The molecule has 2 rings (SSSR count). The molecule has 6 heteroatoms. The molecule has 2 aromatic carbocycles. The van der Waals surface area contributed by atoms with Gasteiger partial charge >= 0.3 is 10.4 Å². The van der Waals surface area contributed by atoms with Crippen LogP contribution >= 0.6 is 0 Å². The minimum absolute atomic E-state index is 0.512. The highest BCUT2D eigenvalue weighted by Gasteiger charge is 2.11. The van der Waals surface area contributed by atoms with E-state index in [1.54, 1.807) is 0 Å². The Hall–Kier alpha value is -1.63. The molecular formula is C18H26O5S. The fourth-order valence-electron chi connectivity index (χ4n) is 2.65. The maximum Gasteiger partial charge on any atom is 0.394 e. The van der Waals surface area contributed by atoms with Crippen molar-refractivity contribution in [2.24, 2.45) is 0 Å². The molecule has 3 N–H and O–H groups in total. The number of aryl methyl sites for hydroxylation is 1. The van der Waals surface area contributed by atoms with Crippen LogP contribution in [0.25, 0.3) is 10.8 Å². The molecule has 0 saturated carbocycles. The van der Waals surface area contributed by atoms with Gasteiger partial charge in [0.2, 0.25) is 0 Å². The minimum atomic E-state index is -4.67. The van der Waals surface area contributed by atoms with Gasteiger partial charge in [0.05, 0.1) is 0 Å². The number of hydrogen-bond acceptors (Lipinski definition) is 3. The van der Waals surface area contributed by atoms with Crippen molar-refractivity contribution in [1.29, 1.82) is 0 Å². The Bertz CT molecular complexity index is 745. The molecule has 134 valence electrons. The summed E-state index contributed by atoms with van der Waals surface area (Å²) < 4.78 is 31.6. The molecule has 0 aliphatic carbocycles.